The fourth-order valence-electron chi connectivity index (χ4n) is 4.56. The fraction of sp³-hybridized carbons (Fsp3) is 0.520. The molecule has 0 aliphatic carbocycles. The van der Waals surface area contributed by atoms with Gasteiger partial charge < -0.3 is 23.8 Å². The second kappa shape index (κ2) is 12.1. The van der Waals surface area contributed by atoms with Crippen LogP contribution >= 0.6 is 0 Å². The van der Waals surface area contributed by atoms with E-state index in [0.717, 1.165) is 0 Å². The molecular weight excluding hydrogens is 543 g/mol. The van der Waals surface area contributed by atoms with Gasteiger partial charge in [0, 0.05) is 31.5 Å². The van der Waals surface area contributed by atoms with Crippen LogP contribution in [-0.2, 0) is 30.8 Å². The molecule has 3 heterocycles. The topological polar surface area (TPSA) is 116 Å². The number of amides is 1. The van der Waals surface area contributed by atoms with Crippen molar-refractivity contribution in [2.24, 2.45) is 0 Å². The third-order valence-corrected chi connectivity index (χ3v) is 8.22. The third-order valence-electron chi connectivity index (χ3n) is 6.71. The smallest absolute Gasteiger partial charge is 0.427 e. The van der Waals surface area contributed by atoms with E-state index in [1.165, 1.54) is 36.5 Å². The van der Waals surface area contributed by atoms with Crippen LogP contribution in [0.2, 0.25) is 0 Å². The Bertz CT molecular complexity index is 1210. The maximum absolute atomic E-state index is 13.5. The van der Waals surface area contributed by atoms with Gasteiger partial charge in [-0.15, -0.1) is 0 Å². The summed E-state index contributed by atoms with van der Waals surface area (Å²) >= 11 is 0. The highest BCUT2D eigenvalue weighted by atomic mass is 32.2. The minimum atomic E-state index is -4.81. The largest absolute Gasteiger partial charge is 0.497 e. The highest BCUT2D eigenvalue weighted by Gasteiger charge is 2.47. The Labute approximate surface area is 224 Å². The first kappa shape index (κ1) is 29.1. The predicted octanol–water partition coefficient (Wildman–Crippen LogP) is 3.28. The van der Waals surface area contributed by atoms with Gasteiger partial charge in [-0.2, -0.15) is 13.2 Å². The maximum Gasteiger partial charge on any atom is 0.427 e. The van der Waals surface area contributed by atoms with Gasteiger partial charge in [-0.05, 0) is 49.1 Å². The number of nitrogens with zero attached hydrogens (tertiary/aromatic N) is 2. The Hall–Kier alpha value is -2.94. The average Bonchev–Trinajstić information content (AvgIpc) is 3.29. The molecule has 0 saturated carbocycles. The fourth-order valence-corrected chi connectivity index (χ4v) is 5.74. The Morgan fingerprint density at radius 1 is 1.23 bits per heavy atom. The minimum Gasteiger partial charge on any atom is -0.497 e. The van der Waals surface area contributed by atoms with Gasteiger partial charge in [0.1, 0.15) is 10.6 Å². The molecule has 1 aromatic carbocycles. The summed E-state index contributed by atoms with van der Waals surface area (Å²) in [5.74, 6) is 0.605. The average molecular weight is 574 g/mol. The van der Waals surface area contributed by atoms with Crippen molar-refractivity contribution in [1.82, 2.24) is 14.6 Å². The number of hydrogen-bond acceptors (Lipinski definition) is 8. The Balaban J connectivity index is 1.25. The van der Waals surface area contributed by atoms with Gasteiger partial charge in [0.15, 0.2) is 0 Å². The van der Waals surface area contributed by atoms with Gasteiger partial charge in [0.05, 0.1) is 32.5 Å². The summed E-state index contributed by atoms with van der Waals surface area (Å²) in [6.45, 7) is -0.577. The zero-order valence-corrected chi connectivity index (χ0v) is 22.0. The molecule has 1 aromatic heterocycles. The van der Waals surface area contributed by atoms with Gasteiger partial charge in [-0.3, -0.25) is 4.98 Å². The summed E-state index contributed by atoms with van der Waals surface area (Å²) in [5.41, 5.74) is -0.0361. The van der Waals surface area contributed by atoms with Crippen LogP contribution in [-0.4, -0.2) is 81.7 Å². The number of hydrogen-bond donors (Lipinski definition) is 1. The summed E-state index contributed by atoms with van der Waals surface area (Å²) in [6, 6.07) is 9.12. The molecule has 4 rings (SSSR count). The summed E-state index contributed by atoms with van der Waals surface area (Å²) in [4.78, 5) is 17.6. The van der Waals surface area contributed by atoms with E-state index in [0.29, 0.717) is 30.6 Å². The summed E-state index contributed by atoms with van der Waals surface area (Å²) in [6.07, 6.45) is -4.57. The number of ether oxygens (including phenoxy) is 4. The molecule has 0 radical (unpaired) electrons. The molecule has 2 saturated heterocycles. The second-order valence-electron chi connectivity index (χ2n) is 9.47. The SMILES string of the molecule is COc1ccc(COC[C@@H](OC(=O)N2CCC3(CC2)CC(NS(=O)(=O)c2cccnc2)CO3)C(F)(F)F)cc1. The monoisotopic (exact) mass is 573 g/mol. The highest BCUT2D eigenvalue weighted by molar-refractivity contribution is 7.89. The number of carbonyl (C=O) groups excluding carboxylic acids is 1. The molecule has 1 N–H and O–H groups in total. The molecule has 1 spiro atoms. The lowest BCUT2D eigenvalue weighted by molar-refractivity contribution is -0.220. The standard InChI is InChI=1S/C25H30F3N3O7S/c1-35-20-6-4-18(5-7-20)15-36-17-22(25(26,27)28)38-23(32)31-11-8-24(9-12-31)13-19(16-37-24)30-39(33,34)21-3-2-10-29-14-21/h2-7,10,14,19,22,30H,8-9,11-13,15-17H2,1H3/t19?,22-/m1/s1. The van der Waals surface area contributed by atoms with Gasteiger partial charge in [-0.25, -0.2) is 17.9 Å². The van der Waals surface area contributed by atoms with Crippen molar-refractivity contribution in [1.29, 1.82) is 0 Å². The first-order valence-corrected chi connectivity index (χ1v) is 13.8. The van der Waals surface area contributed by atoms with E-state index in [4.69, 9.17) is 18.9 Å². The summed E-state index contributed by atoms with van der Waals surface area (Å²) in [5, 5.41) is 0. The van der Waals surface area contributed by atoms with Crippen LogP contribution in [0.3, 0.4) is 0 Å². The van der Waals surface area contributed by atoms with E-state index >= 15 is 0 Å². The lowest BCUT2D eigenvalue weighted by Gasteiger charge is -2.38. The molecular formula is C25H30F3N3O7S. The highest BCUT2D eigenvalue weighted by Crippen LogP contribution is 2.37. The van der Waals surface area contributed by atoms with E-state index in [9.17, 15) is 26.4 Å². The summed E-state index contributed by atoms with van der Waals surface area (Å²) < 4.78 is 89.4. The molecule has 1 unspecified atom stereocenters. The van der Waals surface area contributed by atoms with Crippen LogP contribution in [0, 0.1) is 0 Å². The quantitative estimate of drug-likeness (QED) is 0.486. The lowest BCUT2D eigenvalue weighted by atomic mass is 9.88. The number of rotatable bonds is 9. The normalized spacial score (nSPS) is 20.1. The van der Waals surface area contributed by atoms with Crippen molar-refractivity contribution in [3.05, 3.63) is 54.4 Å². The molecule has 214 valence electrons. The lowest BCUT2D eigenvalue weighted by Crippen LogP contribution is -2.49. The van der Waals surface area contributed by atoms with Crippen molar-refractivity contribution in [3.63, 3.8) is 0 Å². The number of halogens is 3. The number of benzene rings is 1. The first-order chi connectivity index (χ1) is 18.5. The molecule has 1 amide bonds. The molecule has 10 nitrogen and oxygen atoms in total. The van der Waals surface area contributed by atoms with E-state index in [1.54, 1.807) is 24.3 Å². The Morgan fingerprint density at radius 3 is 2.56 bits per heavy atom. The number of nitrogens with one attached hydrogen (secondary N) is 1. The van der Waals surface area contributed by atoms with Crippen LogP contribution in [0.4, 0.5) is 18.0 Å². The van der Waals surface area contributed by atoms with E-state index in [2.05, 4.69) is 9.71 Å². The Morgan fingerprint density at radius 2 is 1.95 bits per heavy atom. The van der Waals surface area contributed by atoms with Crippen LogP contribution in [0.15, 0.2) is 53.7 Å². The zero-order chi connectivity index (χ0) is 28.1. The van der Waals surface area contributed by atoms with E-state index in [-0.39, 0.29) is 31.2 Å². The van der Waals surface area contributed by atoms with Gasteiger partial charge in [0.2, 0.25) is 16.1 Å². The number of aromatic nitrogens is 1. The Kier molecular flexibility index (Phi) is 8.99. The maximum atomic E-state index is 13.5. The van der Waals surface area contributed by atoms with Crippen LogP contribution in [0.25, 0.3) is 0 Å². The van der Waals surface area contributed by atoms with Crippen molar-refractivity contribution in [3.8, 4) is 5.75 Å². The number of likely N-dealkylation sites (tertiary alicyclic amines) is 1. The number of carbonyl (C=O) groups is 1. The van der Waals surface area contributed by atoms with Crippen molar-refractivity contribution in [2.75, 3.05) is 33.4 Å². The molecule has 0 bridgehead atoms. The number of alkyl halides is 3. The van der Waals surface area contributed by atoms with Gasteiger partial charge >= 0.3 is 12.3 Å². The van der Waals surface area contributed by atoms with Gasteiger partial charge in [0.25, 0.3) is 0 Å². The van der Waals surface area contributed by atoms with Crippen LogP contribution in [0.5, 0.6) is 5.75 Å². The predicted molar refractivity (Wildman–Crippen MR) is 131 cm³/mol. The molecule has 14 heteroatoms. The van der Waals surface area contributed by atoms with Crippen molar-refractivity contribution in [2.45, 2.75) is 54.7 Å². The number of piperidine rings is 1. The van der Waals surface area contributed by atoms with Crippen LogP contribution in [0.1, 0.15) is 24.8 Å². The number of methoxy groups -OCH3 is 1. The molecule has 2 aromatic rings. The molecule has 2 aliphatic rings. The summed E-state index contributed by atoms with van der Waals surface area (Å²) in [7, 11) is -2.28. The molecule has 39 heavy (non-hydrogen) atoms. The van der Waals surface area contributed by atoms with Crippen molar-refractivity contribution >= 4 is 16.1 Å². The molecule has 2 fully saturated rings. The minimum absolute atomic E-state index is 0.0377. The van der Waals surface area contributed by atoms with E-state index < -0.39 is 46.6 Å². The van der Waals surface area contributed by atoms with Crippen molar-refractivity contribution < 1.29 is 45.3 Å². The third kappa shape index (κ3) is 7.59. The van der Waals surface area contributed by atoms with Gasteiger partial charge in [-0.1, -0.05) is 12.1 Å². The van der Waals surface area contributed by atoms with Crippen LogP contribution < -0.4 is 9.46 Å². The number of pyridine rings is 1. The molecule has 2 atom stereocenters. The second-order valence-corrected chi connectivity index (χ2v) is 11.2. The zero-order valence-electron chi connectivity index (χ0n) is 21.2. The van der Waals surface area contributed by atoms with E-state index in [1.807, 2.05) is 0 Å². The first-order valence-electron chi connectivity index (χ1n) is 12.3. The molecule has 2 aliphatic heterocycles. The number of sulfonamides is 1.